The van der Waals surface area contributed by atoms with Crippen molar-refractivity contribution in [1.82, 2.24) is 0 Å². The molecule has 36 heavy (non-hydrogen) atoms. The first kappa shape index (κ1) is 28.3. The van der Waals surface area contributed by atoms with E-state index in [-0.39, 0.29) is 18.1 Å². The molecule has 0 aromatic carbocycles. The van der Waals surface area contributed by atoms with Crippen LogP contribution in [0.3, 0.4) is 0 Å². The van der Waals surface area contributed by atoms with Gasteiger partial charge in [-0.05, 0) is 43.1 Å². The van der Waals surface area contributed by atoms with Crippen LogP contribution in [0.25, 0.3) is 0 Å². The van der Waals surface area contributed by atoms with E-state index >= 15 is 0 Å². The molecule has 0 amide bonds. The highest BCUT2D eigenvalue weighted by Gasteiger charge is 2.73. The van der Waals surface area contributed by atoms with Gasteiger partial charge in [-0.25, -0.2) is 0 Å². The second-order valence-corrected chi connectivity index (χ2v) is 10.6. The third-order valence-electron chi connectivity index (χ3n) is 8.36. The second kappa shape index (κ2) is 11.0. The molecule has 1 heterocycles. The summed E-state index contributed by atoms with van der Waals surface area (Å²) in [5.41, 5.74) is -0.581. The van der Waals surface area contributed by atoms with Crippen LogP contribution in [0.5, 0.6) is 0 Å². The molecule has 1 aliphatic heterocycles. The Labute approximate surface area is 213 Å². The van der Waals surface area contributed by atoms with Crippen molar-refractivity contribution >= 4 is 17.7 Å². The zero-order valence-electron chi connectivity index (χ0n) is 22.2. The lowest BCUT2D eigenvalue weighted by atomic mass is 9.44. The molecule has 3 aliphatic rings. The number of ketones is 1. The largest absolute Gasteiger partial charge is 0.435 e. The van der Waals surface area contributed by atoms with E-state index < -0.39 is 53.5 Å². The second-order valence-electron chi connectivity index (χ2n) is 10.6. The molecule has 200 valence electrons. The number of esters is 2. The third-order valence-corrected chi connectivity index (χ3v) is 8.36. The number of carbonyl (C=O) groups is 3. The van der Waals surface area contributed by atoms with E-state index in [1.165, 1.54) is 19.9 Å². The highest BCUT2D eigenvalue weighted by atomic mass is 16.8. The summed E-state index contributed by atoms with van der Waals surface area (Å²) < 4.78 is 23.4. The highest BCUT2D eigenvalue weighted by molar-refractivity contribution is 5.92. The maximum absolute atomic E-state index is 13.1. The van der Waals surface area contributed by atoms with Gasteiger partial charge in [0.15, 0.2) is 5.78 Å². The summed E-state index contributed by atoms with van der Waals surface area (Å²) in [6.07, 6.45) is 3.35. The average Bonchev–Trinajstić information content (AvgIpc) is 3.10. The van der Waals surface area contributed by atoms with E-state index in [1.54, 1.807) is 6.08 Å². The predicted octanol–water partition coefficient (Wildman–Crippen LogP) is 4.02. The van der Waals surface area contributed by atoms with Gasteiger partial charge >= 0.3 is 11.9 Å². The Morgan fingerprint density at radius 3 is 2.50 bits per heavy atom. The van der Waals surface area contributed by atoms with E-state index in [0.29, 0.717) is 18.6 Å². The Kier molecular flexibility index (Phi) is 8.63. The van der Waals surface area contributed by atoms with Crippen LogP contribution in [0, 0.1) is 22.7 Å². The molecule has 1 saturated heterocycles. The van der Waals surface area contributed by atoms with Crippen LogP contribution < -0.4 is 0 Å². The Bertz CT molecular complexity index is 951. The zero-order chi connectivity index (χ0) is 26.8. The van der Waals surface area contributed by atoms with Crippen LogP contribution in [0.1, 0.15) is 67.2 Å². The number of allylic oxidation sites excluding steroid dienone is 4. The quantitative estimate of drug-likeness (QED) is 0.285. The van der Waals surface area contributed by atoms with Gasteiger partial charge in [0.05, 0.1) is 17.6 Å². The van der Waals surface area contributed by atoms with Gasteiger partial charge < -0.3 is 19.3 Å². The van der Waals surface area contributed by atoms with Crippen molar-refractivity contribution in [2.75, 3.05) is 6.61 Å². The molecule has 3 rings (SSSR count). The standard InChI is InChI=1S/C28H40O8/c1-8-10-13-33-23-17(4)27(7,12-11-16(3)9-2)22-15-20(31)14-21-25(34-18(5)29)36-26(35-19(6)30)28(21,22)24(23)32/h9,11,14,17,22-26,32H,2,8,10,12-13,15H2,1,3-7H3/b16-11-/t17-,22+,23-,24?,25+,26-,27-,28?/m1/s1. The molecule has 8 heteroatoms. The van der Waals surface area contributed by atoms with E-state index in [0.717, 1.165) is 18.4 Å². The Morgan fingerprint density at radius 1 is 1.25 bits per heavy atom. The molecular formula is C28H40O8. The SMILES string of the molecule is C=C/C(C)=C\C[C@]1(C)[C@H](C)[C@@H](OCCCC)C(O)C23C(=CC(=O)C[C@H]21)[C@@H](OC(C)=O)O[C@H]3OC(C)=O. The first-order valence-electron chi connectivity index (χ1n) is 12.8. The first-order valence-corrected chi connectivity index (χ1v) is 12.8. The lowest BCUT2D eigenvalue weighted by molar-refractivity contribution is -0.275. The number of carbonyl (C=O) groups excluding carboxylic acids is 3. The van der Waals surface area contributed by atoms with Gasteiger partial charge in [0.1, 0.15) is 0 Å². The average molecular weight is 505 g/mol. The fourth-order valence-electron chi connectivity index (χ4n) is 6.24. The first-order chi connectivity index (χ1) is 16.9. The number of aliphatic hydroxyl groups excluding tert-OH is 1. The molecular weight excluding hydrogens is 464 g/mol. The van der Waals surface area contributed by atoms with E-state index in [2.05, 4.69) is 26.5 Å². The predicted molar refractivity (Wildman–Crippen MR) is 132 cm³/mol. The number of hydrogen-bond acceptors (Lipinski definition) is 8. The van der Waals surface area contributed by atoms with Crippen LogP contribution in [0.2, 0.25) is 0 Å². The van der Waals surface area contributed by atoms with Gasteiger partial charge in [-0.1, -0.05) is 51.5 Å². The monoisotopic (exact) mass is 504 g/mol. The van der Waals surface area contributed by atoms with Crippen molar-refractivity contribution in [3.8, 4) is 0 Å². The molecule has 1 N–H and O–H groups in total. The molecule has 8 atom stereocenters. The van der Waals surface area contributed by atoms with Crippen molar-refractivity contribution in [2.45, 2.75) is 92.0 Å². The van der Waals surface area contributed by atoms with Crippen LogP contribution in [0.4, 0.5) is 0 Å². The summed E-state index contributed by atoms with van der Waals surface area (Å²) in [4.78, 5) is 37.2. The van der Waals surface area contributed by atoms with E-state index in [1.807, 2.05) is 13.8 Å². The van der Waals surface area contributed by atoms with E-state index in [4.69, 9.17) is 18.9 Å². The highest BCUT2D eigenvalue weighted by Crippen LogP contribution is 2.67. The fourth-order valence-corrected chi connectivity index (χ4v) is 6.24. The van der Waals surface area contributed by atoms with Crippen molar-refractivity contribution in [3.05, 3.63) is 36.0 Å². The molecule has 0 aromatic rings. The van der Waals surface area contributed by atoms with Gasteiger partial charge in [-0.2, -0.15) is 0 Å². The summed E-state index contributed by atoms with van der Waals surface area (Å²) in [6, 6.07) is 0. The summed E-state index contributed by atoms with van der Waals surface area (Å²) in [7, 11) is 0. The number of aliphatic hydroxyl groups is 1. The molecule has 0 bridgehead atoms. The Morgan fingerprint density at radius 2 is 1.92 bits per heavy atom. The lowest BCUT2D eigenvalue weighted by Crippen LogP contribution is -2.68. The Balaban J connectivity index is 2.25. The lowest BCUT2D eigenvalue weighted by Gasteiger charge is -2.61. The van der Waals surface area contributed by atoms with Crippen molar-refractivity contribution in [3.63, 3.8) is 0 Å². The van der Waals surface area contributed by atoms with Crippen LogP contribution in [-0.4, -0.2) is 54.2 Å². The topological polar surface area (TPSA) is 108 Å². The van der Waals surface area contributed by atoms with Crippen molar-refractivity contribution in [1.29, 1.82) is 0 Å². The molecule has 2 aliphatic carbocycles. The number of rotatable bonds is 9. The smallest absolute Gasteiger partial charge is 0.305 e. The van der Waals surface area contributed by atoms with Gasteiger partial charge in [-0.15, -0.1) is 0 Å². The minimum atomic E-state index is -1.33. The minimum absolute atomic E-state index is 0.123. The number of hydrogen-bond donors (Lipinski definition) is 1. The maximum atomic E-state index is 13.1. The van der Waals surface area contributed by atoms with Gasteiger partial charge in [-0.3, -0.25) is 19.1 Å². The van der Waals surface area contributed by atoms with Gasteiger partial charge in [0, 0.05) is 32.4 Å². The van der Waals surface area contributed by atoms with Gasteiger partial charge in [0.25, 0.3) is 0 Å². The number of ether oxygens (including phenoxy) is 4. The molecule has 1 spiro atoms. The normalized spacial score (nSPS) is 38.0. The van der Waals surface area contributed by atoms with Gasteiger partial charge in [0.2, 0.25) is 12.6 Å². The van der Waals surface area contributed by atoms with Crippen molar-refractivity contribution < 1.29 is 38.4 Å². The third kappa shape index (κ3) is 4.83. The maximum Gasteiger partial charge on any atom is 0.305 e. The molecule has 0 aromatic heterocycles. The van der Waals surface area contributed by atoms with E-state index in [9.17, 15) is 19.5 Å². The summed E-state index contributed by atoms with van der Waals surface area (Å²) in [6.45, 7) is 14.9. The van der Waals surface area contributed by atoms with Crippen LogP contribution in [-0.2, 0) is 33.3 Å². The summed E-state index contributed by atoms with van der Waals surface area (Å²) in [5, 5.41) is 12.1. The summed E-state index contributed by atoms with van der Waals surface area (Å²) >= 11 is 0. The fraction of sp³-hybridized carbons (Fsp3) is 0.679. The summed E-state index contributed by atoms with van der Waals surface area (Å²) in [5.74, 6) is -2.02. The zero-order valence-corrected chi connectivity index (χ0v) is 22.2. The Hall–Kier alpha value is -2.29. The molecule has 0 radical (unpaired) electrons. The minimum Gasteiger partial charge on any atom is -0.435 e. The van der Waals surface area contributed by atoms with Crippen molar-refractivity contribution in [2.24, 2.45) is 22.7 Å². The number of unbranched alkanes of at least 4 members (excludes halogenated alkanes) is 1. The molecule has 2 fully saturated rings. The molecule has 1 saturated carbocycles. The molecule has 2 unspecified atom stereocenters. The molecule has 8 nitrogen and oxygen atoms in total. The van der Waals surface area contributed by atoms with Crippen LogP contribution in [0.15, 0.2) is 36.0 Å². The van der Waals surface area contributed by atoms with Crippen LogP contribution >= 0.6 is 0 Å².